The largest absolute Gasteiger partial charge is 0.486 e. The summed E-state index contributed by atoms with van der Waals surface area (Å²) in [4.78, 5) is 12.8. The van der Waals surface area contributed by atoms with Crippen LogP contribution in [-0.2, 0) is 18.3 Å². The van der Waals surface area contributed by atoms with Crippen molar-refractivity contribution < 1.29 is 14.3 Å². The van der Waals surface area contributed by atoms with Crippen LogP contribution in [0.25, 0.3) is 0 Å². The van der Waals surface area contributed by atoms with Crippen LogP contribution in [0.2, 0.25) is 0 Å². The third-order valence-corrected chi connectivity index (χ3v) is 5.15. The lowest BCUT2D eigenvalue weighted by Gasteiger charge is -2.26. The highest BCUT2D eigenvalue weighted by molar-refractivity contribution is 5.84. The molecule has 0 saturated carbocycles. The first-order valence-corrected chi connectivity index (χ1v) is 8.84. The summed E-state index contributed by atoms with van der Waals surface area (Å²) in [6.07, 6.45) is 4.93. The lowest BCUT2D eigenvalue weighted by atomic mass is 9.92. The van der Waals surface area contributed by atoms with Gasteiger partial charge in [0, 0.05) is 18.3 Å². The molecule has 1 aliphatic heterocycles. The quantitative estimate of drug-likeness (QED) is 0.931. The van der Waals surface area contributed by atoms with E-state index in [0.717, 1.165) is 41.9 Å². The molecule has 1 N–H and O–H groups in total. The smallest absolute Gasteiger partial charge is 0.227 e. The van der Waals surface area contributed by atoms with Gasteiger partial charge in [-0.05, 0) is 43.9 Å². The maximum Gasteiger partial charge on any atom is 0.227 e. The normalized spacial score (nSPS) is 19.8. The molecule has 25 heavy (non-hydrogen) atoms. The van der Waals surface area contributed by atoms with E-state index in [4.69, 9.17) is 9.47 Å². The predicted molar refractivity (Wildman–Crippen MR) is 92.9 cm³/mol. The summed E-state index contributed by atoms with van der Waals surface area (Å²) in [7, 11) is 1.96. The molecular formula is C19H23N3O3. The van der Waals surface area contributed by atoms with E-state index in [1.807, 2.05) is 43.0 Å². The van der Waals surface area contributed by atoms with Crippen molar-refractivity contribution in [2.75, 3.05) is 13.2 Å². The van der Waals surface area contributed by atoms with Crippen LogP contribution in [-0.4, -0.2) is 28.9 Å². The SMILES string of the molecule is C[C@H](C(=O)N[C@@H]1CCCc2c1cnn2C)c1ccc2c(c1)OCCO2. The van der Waals surface area contributed by atoms with Crippen molar-refractivity contribution in [3.05, 3.63) is 41.2 Å². The number of benzene rings is 1. The number of nitrogens with zero attached hydrogens (tertiary/aromatic N) is 2. The van der Waals surface area contributed by atoms with E-state index in [0.29, 0.717) is 13.2 Å². The Balaban J connectivity index is 1.50. The fraction of sp³-hybridized carbons (Fsp3) is 0.474. The van der Waals surface area contributed by atoms with Gasteiger partial charge in [-0.2, -0.15) is 5.10 Å². The molecule has 1 aromatic carbocycles. The molecule has 2 heterocycles. The van der Waals surface area contributed by atoms with Gasteiger partial charge in [0.25, 0.3) is 0 Å². The van der Waals surface area contributed by atoms with E-state index in [1.165, 1.54) is 5.69 Å². The van der Waals surface area contributed by atoms with E-state index in [-0.39, 0.29) is 17.9 Å². The summed E-state index contributed by atoms with van der Waals surface area (Å²) in [5.74, 6) is 1.24. The molecule has 0 saturated heterocycles. The Labute approximate surface area is 147 Å². The summed E-state index contributed by atoms with van der Waals surface area (Å²) in [5.41, 5.74) is 3.31. The van der Waals surface area contributed by atoms with Crippen LogP contribution in [0.15, 0.2) is 24.4 Å². The lowest BCUT2D eigenvalue weighted by molar-refractivity contribution is -0.123. The Bertz CT molecular complexity index is 799. The molecule has 4 rings (SSSR count). The third-order valence-electron chi connectivity index (χ3n) is 5.15. The van der Waals surface area contributed by atoms with Gasteiger partial charge in [0.15, 0.2) is 11.5 Å². The van der Waals surface area contributed by atoms with Gasteiger partial charge in [-0.15, -0.1) is 0 Å². The molecule has 1 aliphatic carbocycles. The number of aromatic nitrogens is 2. The van der Waals surface area contributed by atoms with Crippen molar-refractivity contribution in [3.63, 3.8) is 0 Å². The van der Waals surface area contributed by atoms with Gasteiger partial charge in [0.1, 0.15) is 13.2 Å². The first-order chi connectivity index (χ1) is 12.1. The topological polar surface area (TPSA) is 65.4 Å². The summed E-state index contributed by atoms with van der Waals surface area (Å²) in [5, 5.41) is 7.54. The molecule has 1 amide bonds. The first-order valence-electron chi connectivity index (χ1n) is 8.84. The Morgan fingerprint density at radius 3 is 2.96 bits per heavy atom. The number of aryl methyl sites for hydroxylation is 1. The van der Waals surface area contributed by atoms with Crippen LogP contribution >= 0.6 is 0 Å². The van der Waals surface area contributed by atoms with Gasteiger partial charge in [-0.1, -0.05) is 6.07 Å². The summed E-state index contributed by atoms with van der Waals surface area (Å²) >= 11 is 0. The highest BCUT2D eigenvalue weighted by Crippen LogP contribution is 2.34. The molecule has 132 valence electrons. The standard InChI is InChI=1S/C19H23N3O3/c1-12(13-6-7-17-18(10-13)25-9-8-24-17)19(23)21-15-4-3-5-16-14(15)11-20-22(16)2/h6-7,10-12,15H,3-5,8-9H2,1-2H3,(H,21,23)/t12-,15+/m0/s1. The van der Waals surface area contributed by atoms with Crippen molar-refractivity contribution in [1.29, 1.82) is 0 Å². The fourth-order valence-corrected chi connectivity index (χ4v) is 3.63. The Morgan fingerprint density at radius 1 is 1.32 bits per heavy atom. The second-order valence-electron chi connectivity index (χ2n) is 6.75. The Morgan fingerprint density at radius 2 is 2.12 bits per heavy atom. The van der Waals surface area contributed by atoms with E-state index in [9.17, 15) is 4.79 Å². The minimum absolute atomic E-state index is 0.0263. The number of nitrogens with one attached hydrogen (secondary N) is 1. The third kappa shape index (κ3) is 2.97. The highest BCUT2D eigenvalue weighted by Gasteiger charge is 2.27. The van der Waals surface area contributed by atoms with Crippen LogP contribution < -0.4 is 14.8 Å². The van der Waals surface area contributed by atoms with Crippen LogP contribution in [0.5, 0.6) is 11.5 Å². The van der Waals surface area contributed by atoms with Gasteiger partial charge in [0.2, 0.25) is 5.91 Å². The average Bonchev–Trinajstić information content (AvgIpc) is 3.03. The van der Waals surface area contributed by atoms with Crippen molar-refractivity contribution in [3.8, 4) is 11.5 Å². The maximum atomic E-state index is 12.8. The second-order valence-corrected chi connectivity index (χ2v) is 6.75. The van der Waals surface area contributed by atoms with Gasteiger partial charge < -0.3 is 14.8 Å². The molecule has 2 atom stereocenters. The van der Waals surface area contributed by atoms with Crippen LogP contribution in [0, 0.1) is 0 Å². The van der Waals surface area contributed by atoms with E-state index in [2.05, 4.69) is 10.4 Å². The van der Waals surface area contributed by atoms with Crippen LogP contribution in [0.3, 0.4) is 0 Å². The summed E-state index contributed by atoms with van der Waals surface area (Å²) in [6.45, 7) is 3.04. The minimum Gasteiger partial charge on any atom is -0.486 e. The second kappa shape index (κ2) is 6.43. The Hall–Kier alpha value is -2.50. The van der Waals surface area contributed by atoms with Crippen molar-refractivity contribution >= 4 is 5.91 Å². The summed E-state index contributed by atoms with van der Waals surface area (Å²) < 4.78 is 13.1. The zero-order valence-electron chi connectivity index (χ0n) is 14.6. The predicted octanol–water partition coefficient (Wildman–Crippen LogP) is 2.49. The fourth-order valence-electron chi connectivity index (χ4n) is 3.63. The maximum absolute atomic E-state index is 12.8. The molecule has 6 heteroatoms. The number of amides is 1. The van der Waals surface area contributed by atoms with Crippen molar-refractivity contribution in [2.45, 2.75) is 38.1 Å². The first kappa shape index (κ1) is 16.0. The van der Waals surface area contributed by atoms with Gasteiger partial charge in [-0.25, -0.2) is 0 Å². The zero-order chi connectivity index (χ0) is 17.4. The van der Waals surface area contributed by atoms with Crippen molar-refractivity contribution in [1.82, 2.24) is 15.1 Å². The number of carbonyl (C=O) groups is 1. The molecule has 0 radical (unpaired) electrons. The van der Waals surface area contributed by atoms with E-state index >= 15 is 0 Å². The zero-order valence-corrected chi connectivity index (χ0v) is 14.6. The molecule has 0 spiro atoms. The summed E-state index contributed by atoms with van der Waals surface area (Å²) in [6, 6.07) is 5.78. The number of ether oxygens (including phenoxy) is 2. The van der Waals surface area contributed by atoms with Gasteiger partial charge in [0.05, 0.1) is 18.2 Å². The molecule has 6 nitrogen and oxygen atoms in total. The van der Waals surface area contributed by atoms with Gasteiger partial charge in [-0.3, -0.25) is 9.48 Å². The molecule has 1 aromatic heterocycles. The lowest BCUT2D eigenvalue weighted by Crippen LogP contribution is -2.33. The van der Waals surface area contributed by atoms with E-state index in [1.54, 1.807) is 0 Å². The number of hydrogen-bond acceptors (Lipinski definition) is 4. The monoisotopic (exact) mass is 341 g/mol. The van der Waals surface area contributed by atoms with E-state index < -0.39 is 0 Å². The molecule has 0 bridgehead atoms. The number of hydrogen-bond donors (Lipinski definition) is 1. The molecule has 2 aliphatic rings. The van der Waals surface area contributed by atoms with Crippen LogP contribution in [0.4, 0.5) is 0 Å². The Kier molecular flexibility index (Phi) is 4.11. The average molecular weight is 341 g/mol. The highest BCUT2D eigenvalue weighted by atomic mass is 16.6. The van der Waals surface area contributed by atoms with Crippen LogP contribution in [0.1, 0.15) is 48.5 Å². The molecule has 0 unspecified atom stereocenters. The number of carbonyl (C=O) groups excluding carboxylic acids is 1. The number of fused-ring (bicyclic) bond motifs is 2. The van der Waals surface area contributed by atoms with Crippen molar-refractivity contribution in [2.24, 2.45) is 7.05 Å². The molecular weight excluding hydrogens is 318 g/mol. The minimum atomic E-state index is -0.252. The number of rotatable bonds is 3. The molecule has 2 aromatic rings. The molecule has 0 fully saturated rings. The van der Waals surface area contributed by atoms with Gasteiger partial charge >= 0.3 is 0 Å².